The quantitative estimate of drug-likeness (QED) is 0.571. The van der Waals surface area contributed by atoms with Crippen LogP contribution in [0.25, 0.3) is 0 Å². The molecule has 3 rings (SSSR count). The minimum atomic E-state index is -3.60. The number of hydrogen-bond donors (Lipinski definition) is 0. The molecule has 1 aliphatic rings. The van der Waals surface area contributed by atoms with Crippen LogP contribution in [0.15, 0.2) is 27.6 Å². The fraction of sp³-hybridized carbons (Fsp3) is 0.500. The number of benzene rings is 1. The van der Waals surface area contributed by atoms with Crippen molar-refractivity contribution in [3.63, 3.8) is 0 Å². The Bertz CT molecular complexity index is 924. The molecule has 2 heterocycles. The third kappa shape index (κ3) is 4.01. The maximum absolute atomic E-state index is 12.2. The summed E-state index contributed by atoms with van der Waals surface area (Å²) < 4.78 is 29.3. The molecule has 0 aliphatic carbocycles. The maximum atomic E-state index is 12.2. The van der Waals surface area contributed by atoms with E-state index in [0.717, 1.165) is 25.2 Å². The summed E-state index contributed by atoms with van der Waals surface area (Å²) in [5.41, 5.74) is 0.275. The van der Waals surface area contributed by atoms with Crippen LogP contribution in [0, 0.1) is 23.0 Å². The highest BCUT2D eigenvalue weighted by atomic mass is 32.2. The van der Waals surface area contributed by atoms with Gasteiger partial charge in [0, 0.05) is 44.8 Å². The molecule has 1 aliphatic heterocycles. The van der Waals surface area contributed by atoms with E-state index in [1.165, 1.54) is 12.1 Å². The van der Waals surface area contributed by atoms with Crippen molar-refractivity contribution in [3.8, 4) is 0 Å². The Balaban J connectivity index is 1.86. The van der Waals surface area contributed by atoms with Crippen molar-refractivity contribution >= 4 is 21.2 Å². The molecule has 2 aromatic rings. The van der Waals surface area contributed by atoms with Crippen LogP contribution in [0.5, 0.6) is 0 Å². The number of aromatic nitrogens is 2. The van der Waals surface area contributed by atoms with Crippen LogP contribution in [0.4, 0.5) is 11.4 Å². The van der Waals surface area contributed by atoms with Crippen molar-refractivity contribution in [1.29, 1.82) is 0 Å². The molecular formula is C16H20N4O5S. The zero-order valence-electron chi connectivity index (χ0n) is 14.6. The molecule has 0 saturated carbocycles. The predicted octanol–water partition coefficient (Wildman–Crippen LogP) is 2.15. The van der Waals surface area contributed by atoms with Crippen molar-refractivity contribution in [1.82, 2.24) is 10.1 Å². The molecule has 1 saturated heterocycles. The minimum absolute atomic E-state index is 0.0113. The van der Waals surface area contributed by atoms with Gasteiger partial charge in [-0.15, -0.1) is 0 Å². The Morgan fingerprint density at radius 2 is 2.19 bits per heavy atom. The molecule has 1 aromatic heterocycles. The highest BCUT2D eigenvalue weighted by molar-refractivity contribution is 7.90. The smallest absolute Gasteiger partial charge is 0.270 e. The highest BCUT2D eigenvalue weighted by Gasteiger charge is 2.27. The molecule has 0 bridgehead atoms. The first-order valence-corrected chi connectivity index (χ1v) is 10.2. The summed E-state index contributed by atoms with van der Waals surface area (Å²) in [6.45, 7) is 3.06. The van der Waals surface area contributed by atoms with E-state index >= 15 is 0 Å². The number of anilines is 1. The normalized spacial score (nSPS) is 18.1. The van der Waals surface area contributed by atoms with E-state index in [9.17, 15) is 18.5 Å². The minimum Gasteiger partial charge on any atom is -0.370 e. The van der Waals surface area contributed by atoms with E-state index in [1.54, 1.807) is 6.92 Å². The van der Waals surface area contributed by atoms with Crippen molar-refractivity contribution in [2.24, 2.45) is 5.92 Å². The Kier molecular flexibility index (Phi) is 4.94. The predicted molar refractivity (Wildman–Crippen MR) is 93.9 cm³/mol. The fourth-order valence-corrected chi connectivity index (χ4v) is 4.22. The van der Waals surface area contributed by atoms with Crippen LogP contribution in [0.3, 0.4) is 0 Å². The van der Waals surface area contributed by atoms with Crippen LogP contribution in [0.2, 0.25) is 0 Å². The number of rotatable bonds is 5. The van der Waals surface area contributed by atoms with Gasteiger partial charge in [-0.3, -0.25) is 10.1 Å². The zero-order valence-corrected chi connectivity index (χ0v) is 15.4. The van der Waals surface area contributed by atoms with Gasteiger partial charge < -0.3 is 9.42 Å². The van der Waals surface area contributed by atoms with Gasteiger partial charge in [0.25, 0.3) is 5.69 Å². The molecule has 0 spiro atoms. The largest absolute Gasteiger partial charge is 0.370 e. The highest BCUT2D eigenvalue weighted by Crippen LogP contribution is 2.32. The topological polar surface area (TPSA) is 119 Å². The number of nitro benzene ring substituents is 1. The molecule has 1 fully saturated rings. The van der Waals surface area contributed by atoms with Crippen molar-refractivity contribution in [2.75, 3.05) is 24.2 Å². The average molecular weight is 380 g/mol. The van der Waals surface area contributed by atoms with Gasteiger partial charge in [-0.05, 0) is 24.8 Å². The molecular weight excluding hydrogens is 360 g/mol. The summed E-state index contributed by atoms with van der Waals surface area (Å²) in [5.74, 6) is 1.41. The van der Waals surface area contributed by atoms with Gasteiger partial charge in [-0.1, -0.05) is 5.16 Å². The van der Waals surface area contributed by atoms with Gasteiger partial charge in [0.1, 0.15) is 0 Å². The molecule has 0 amide bonds. The summed E-state index contributed by atoms with van der Waals surface area (Å²) in [6.07, 6.45) is 3.58. The van der Waals surface area contributed by atoms with Crippen LogP contribution in [0.1, 0.15) is 24.6 Å². The molecule has 26 heavy (non-hydrogen) atoms. The number of nitro groups is 1. The standard InChI is InChI=1S/C16H20N4O5S/c1-11-17-16(18-25-11)8-12-4-3-7-19(10-12)14-6-5-13(20(21)22)9-15(14)26(2,23)24/h5-6,9,12H,3-4,7-8,10H2,1-2H3. The van der Waals surface area contributed by atoms with Crippen LogP contribution in [-0.4, -0.2) is 42.8 Å². The number of piperidine rings is 1. The summed E-state index contributed by atoms with van der Waals surface area (Å²) in [4.78, 5) is 16.6. The van der Waals surface area contributed by atoms with E-state index in [1.807, 2.05) is 4.90 Å². The zero-order chi connectivity index (χ0) is 18.9. The third-order valence-electron chi connectivity index (χ3n) is 4.45. The Morgan fingerprint density at radius 3 is 2.81 bits per heavy atom. The molecule has 1 unspecified atom stereocenters. The molecule has 0 N–H and O–H groups in total. The third-order valence-corrected chi connectivity index (χ3v) is 5.58. The van der Waals surface area contributed by atoms with E-state index in [4.69, 9.17) is 4.52 Å². The molecule has 1 atom stereocenters. The van der Waals surface area contributed by atoms with E-state index in [-0.39, 0.29) is 16.5 Å². The summed E-state index contributed by atoms with van der Waals surface area (Å²) in [5, 5.41) is 14.9. The first-order chi connectivity index (χ1) is 12.2. The number of sulfone groups is 1. The molecule has 0 radical (unpaired) electrons. The molecule has 10 heteroatoms. The lowest BCUT2D eigenvalue weighted by molar-refractivity contribution is -0.385. The van der Waals surface area contributed by atoms with Gasteiger partial charge in [0.2, 0.25) is 5.89 Å². The number of hydrogen-bond acceptors (Lipinski definition) is 8. The van der Waals surface area contributed by atoms with Gasteiger partial charge in [-0.25, -0.2) is 8.42 Å². The second-order valence-electron chi connectivity index (χ2n) is 6.57. The van der Waals surface area contributed by atoms with Crippen molar-refractivity contribution in [3.05, 3.63) is 40.0 Å². The van der Waals surface area contributed by atoms with E-state index in [2.05, 4.69) is 10.1 Å². The van der Waals surface area contributed by atoms with Gasteiger partial charge in [0.15, 0.2) is 15.7 Å². The van der Waals surface area contributed by atoms with Crippen molar-refractivity contribution < 1.29 is 17.9 Å². The molecule has 9 nitrogen and oxygen atoms in total. The maximum Gasteiger partial charge on any atom is 0.270 e. The second-order valence-corrected chi connectivity index (χ2v) is 8.55. The van der Waals surface area contributed by atoms with E-state index < -0.39 is 14.8 Å². The Labute approximate surface area is 151 Å². The van der Waals surface area contributed by atoms with Gasteiger partial charge in [0.05, 0.1) is 15.5 Å². The fourth-order valence-electron chi connectivity index (χ4n) is 3.31. The lowest BCUT2D eigenvalue weighted by Gasteiger charge is -2.34. The molecule has 140 valence electrons. The van der Waals surface area contributed by atoms with Gasteiger partial charge >= 0.3 is 0 Å². The number of non-ortho nitro benzene ring substituents is 1. The lowest BCUT2D eigenvalue weighted by atomic mass is 9.94. The Morgan fingerprint density at radius 1 is 1.42 bits per heavy atom. The van der Waals surface area contributed by atoms with Crippen LogP contribution in [-0.2, 0) is 16.3 Å². The summed E-state index contributed by atoms with van der Waals surface area (Å²) in [6, 6.07) is 4.00. The molecule has 1 aromatic carbocycles. The Hall–Kier alpha value is -2.49. The number of nitrogens with zero attached hydrogens (tertiary/aromatic N) is 4. The number of aryl methyl sites for hydroxylation is 1. The van der Waals surface area contributed by atoms with Gasteiger partial charge in [-0.2, -0.15) is 4.98 Å². The van der Waals surface area contributed by atoms with Crippen LogP contribution >= 0.6 is 0 Å². The first-order valence-electron chi connectivity index (χ1n) is 8.26. The SMILES string of the molecule is Cc1nc(CC2CCCN(c3ccc([N+](=O)[O-])cc3S(C)(=O)=O)C2)no1. The summed E-state index contributed by atoms with van der Waals surface area (Å²) >= 11 is 0. The summed E-state index contributed by atoms with van der Waals surface area (Å²) in [7, 11) is -3.60. The second kappa shape index (κ2) is 7.02. The monoisotopic (exact) mass is 380 g/mol. The van der Waals surface area contributed by atoms with Crippen LogP contribution < -0.4 is 4.90 Å². The first kappa shape index (κ1) is 18.3. The van der Waals surface area contributed by atoms with Crippen molar-refractivity contribution in [2.45, 2.75) is 31.1 Å². The average Bonchev–Trinajstić information content (AvgIpc) is 2.98. The lowest BCUT2D eigenvalue weighted by Crippen LogP contribution is -2.37. The van der Waals surface area contributed by atoms with E-state index in [0.29, 0.717) is 36.9 Å².